The fourth-order valence-electron chi connectivity index (χ4n) is 2.26. The summed E-state index contributed by atoms with van der Waals surface area (Å²) in [6.07, 6.45) is -0.744. The van der Waals surface area contributed by atoms with Crippen molar-refractivity contribution < 1.29 is 24.2 Å². The molecule has 0 spiro atoms. The molecule has 0 unspecified atom stereocenters. The smallest absolute Gasteiger partial charge is 0.407 e. The molecule has 2 amide bonds. The van der Waals surface area contributed by atoms with Gasteiger partial charge in [0.1, 0.15) is 19.2 Å². The quantitative estimate of drug-likeness (QED) is 0.641. The second kappa shape index (κ2) is 10.2. The summed E-state index contributed by atoms with van der Waals surface area (Å²) in [4.78, 5) is 34.9. The van der Waals surface area contributed by atoms with Gasteiger partial charge < -0.3 is 20.5 Å². The van der Waals surface area contributed by atoms with Gasteiger partial charge in [0.25, 0.3) is 0 Å². The Bertz CT molecular complexity index is 798. The van der Waals surface area contributed by atoms with Gasteiger partial charge in [-0.3, -0.25) is 4.79 Å². The number of aliphatic carboxylic acids is 1. The molecule has 0 aromatic heterocycles. The van der Waals surface area contributed by atoms with E-state index in [0.29, 0.717) is 10.6 Å². The number of nitrogens with one attached hydrogen (secondary N) is 2. The molecule has 2 aromatic carbocycles. The zero-order valence-corrected chi connectivity index (χ0v) is 15.1. The molecule has 0 saturated heterocycles. The van der Waals surface area contributed by atoms with Crippen LogP contribution < -0.4 is 10.6 Å². The third-order valence-electron chi connectivity index (χ3n) is 3.62. The monoisotopic (exact) mass is 390 g/mol. The van der Waals surface area contributed by atoms with Gasteiger partial charge in [-0.15, -0.1) is 0 Å². The SMILES string of the molecule is O=C(CNC(=O)OCc1ccccc1)N[C@@H](Cc1ccccc1Cl)C(=O)O. The van der Waals surface area contributed by atoms with Crippen molar-refractivity contribution in [1.29, 1.82) is 0 Å². The average molecular weight is 391 g/mol. The third-order valence-corrected chi connectivity index (χ3v) is 3.99. The fraction of sp³-hybridized carbons (Fsp3) is 0.211. The molecule has 0 radical (unpaired) electrons. The van der Waals surface area contributed by atoms with E-state index in [1.54, 1.807) is 36.4 Å². The number of carboxylic acid groups (broad SMARTS) is 1. The summed E-state index contributed by atoms with van der Waals surface area (Å²) in [5, 5.41) is 14.3. The summed E-state index contributed by atoms with van der Waals surface area (Å²) in [6, 6.07) is 14.7. The van der Waals surface area contributed by atoms with Crippen LogP contribution in [0.4, 0.5) is 4.79 Å². The van der Waals surface area contributed by atoms with E-state index in [0.717, 1.165) is 5.56 Å². The Kier molecular flexibility index (Phi) is 7.63. The van der Waals surface area contributed by atoms with Crippen molar-refractivity contribution in [3.05, 3.63) is 70.7 Å². The van der Waals surface area contributed by atoms with Crippen molar-refractivity contribution in [3.63, 3.8) is 0 Å². The van der Waals surface area contributed by atoms with E-state index < -0.39 is 30.6 Å². The summed E-state index contributed by atoms with van der Waals surface area (Å²) in [7, 11) is 0. The fourth-order valence-corrected chi connectivity index (χ4v) is 2.47. The minimum absolute atomic E-state index is 0.0270. The van der Waals surface area contributed by atoms with Crippen molar-refractivity contribution in [1.82, 2.24) is 10.6 Å². The lowest BCUT2D eigenvalue weighted by molar-refractivity contribution is -0.141. The van der Waals surface area contributed by atoms with Gasteiger partial charge in [-0.1, -0.05) is 60.1 Å². The number of alkyl carbamates (subject to hydrolysis) is 1. The van der Waals surface area contributed by atoms with Gasteiger partial charge in [0, 0.05) is 11.4 Å². The Morgan fingerprint density at radius 3 is 2.37 bits per heavy atom. The number of rotatable bonds is 8. The Balaban J connectivity index is 1.79. The third kappa shape index (κ3) is 6.99. The number of carbonyl (C=O) groups excluding carboxylic acids is 2. The van der Waals surface area contributed by atoms with E-state index in [1.165, 1.54) is 0 Å². The molecule has 0 bridgehead atoms. The molecule has 2 rings (SSSR count). The van der Waals surface area contributed by atoms with Crippen LogP contribution in [0.2, 0.25) is 5.02 Å². The first kappa shape index (κ1) is 20.3. The molecule has 0 heterocycles. The molecule has 27 heavy (non-hydrogen) atoms. The second-order valence-corrected chi connectivity index (χ2v) is 6.08. The number of amides is 2. The van der Waals surface area contributed by atoms with Crippen LogP contribution in [0.15, 0.2) is 54.6 Å². The van der Waals surface area contributed by atoms with E-state index in [4.69, 9.17) is 16.3 Å². The molecule has 0 aliphatic carbocycles. The molecule has 0 aliphatic heterocycles. The lowest BCUT2D eigenvalue weighted by Gasteiger charge is -2.15. The molecule has 1 atom stereocenters. The van der Waals surface area contributed by atoms with E-state index >= 15 is 0 Å². The van der Waals surface area contributed by atoms with Crippen LogP contribution in [0, 0.1) is 0 Å². The molecule has 0 fully saturated rings. The van der Waals surface area contributed by atoms with Gasteiger partial charge in [0.15, 0.2) is 0 Å². The lowest BCUT2D eigenvalue weighted by Crippen LogP contribution is -2.46. The van der Waals surface area contributed by atoms with E-state index in [-0.39, 0.29) is 13.0 Å². The Morgan fingerprint density at radius 2 is 1.70 bits per heavy atom. The summed E-state index contributed by atoms with van der Waals surface area (Å²) >= 11 is 6.02. The summed E-state index contributed by atoms with van der Waals surface area (Å²) in [5.41, 5.74) is 1.41. The maximum Gasteiger partial charge on any atom is 0.407 e. The summed E-state index contributed by atoms with van der Waals surface area (Å²) < 4.78 is 4.98. The minimum atomic E-state index is -1.20. The predicted molar refractivity (Wildman–Crippen MR) is 99.4 cm³/mol. The highest BCUT2D eigenvalue weighted by molar-refractivity contribution is 6.31. The number of carbonyl (C=O) groups is 3. The van der Waals surface area contributed by atoms with E-state index in [2.05, 4.69) is 10.6 Å². The average Bonchev–Trinajstić information content (AvgIpc) is 2.66. The van der Waals surface area contributed by atoms with Gasteiger partial charge in [-0.05, 0) is 17.2 Å². The predicted octanol–water partition coefficient (Wildman–Crippen LogP) is 2.38. The topological polar surface area (TPSA) is 105 Å². The van der Waals surface area contributed by atoms with Crippen LogP contribution >= 0.6 is 11.6 Å². The number of hydrogen-bond donors (Lipinski definition) is 3. The van der Waals surface area contributed by atoms with E-state index in [9.17, 15) is 19.5 Å². The second-order valence-electron chi connectivity index (χ2n) is 5.67. The van der Waals surface area contributed by atoms with Crippen molar-refractivity contribution in [3.8, 4) is 0 Å². The van der Waals surface area contributed by atoms with Gasteiger partial charge in [-0.2, -0.15) is 0 Å². The molecule has 8 heteroatoms. The van der Waals surface area contributed by atoms with Gasteiger partial charge in [0.05, 0.1) is 0 Å². The Morgan fingerprint density at radius 1 is 1.04 bits per heavy atom. The Hall–Kier alpha value is -3.06. The molecule has 3 N–H and O–H groups in total. The maximum atomic E-state index is 11.9. The number of halogens is 1. The molecular formula is C19H19ClN2O5. The summed E-state index contributed by atoms with van der Waals surface area (Å²) in [5.74, 6) is -1.85. The highest BCUT2D eigenvalue weighted by atomic mass is 35.5. The van der Waals surface area contributed by atoms with Gasteiger partial charge in [-0.25, -0.2) is 9.59 Å². The van der Waals surface area contributed by atoms with Crippen LogP contribution in [0.25, 0.3) is 0 Å². The van der Waals surface area contributed by atoms with Crippen LogP contribution in [0.1, 0.15) is 11.1 Å². The zero-order valence-electron chi connectivity index (χ0n) is 14.4. The first-order valence-electron chi connectivity index (χ1n) is 8.16. The van der Waals surface area contributed by atoms with Gasteiger partial charge in [0.2, 0.25) is 5.91 Å². The lowest BCUT2D eigenvalue weighted by atomic mass is 10.1. The van der Waals surface area contributed by atoms with Crippen molar-refractivity contribution in [2.45, 2.75) is 19.1 Å². The molecule has 7 nitrogen and oxygen atoms in total. The van der Waals surface area contributed by atoms with Crippen molar-refractivity contribution in [2.24, 2.45) is 0 Å². The normalized spacial score (nSPS) is 11.3. The van der Waals surface area contributed by atoms with Crippen molar-refractivity contribution >= 4 is 29.6 Å². The standard InChI is InChI=1S/C19H19ClN2O5/c20-15-9-5-4-8-14(15)10-16(18(24)25)22-17(23)11-21-19(26)27-12-13-6-2-1-3-7-13/h1-9,16H,10-12H2,(H,21,26)(H,22,23)(H,24,25)/t16-/m0/s1. The van der Waals surface area contributed by atoms with Crippen LogP contribution in [-0.4, -0.2) is 35.7 Å². The summed E-state index contributed by atoms with van der Waals surface area (Å²) in [6.45, 7) is -0.335. The highest BCUT2D eigenvalue weighted by Crippen LogP contribution is 2.16. The van der Waals surface area contributed by atoms with Crippen LogP contribution in [0.5, 0.6) is 0 Å². The molecule has 2 aromatic rings. The first-order chi connectivity index (χ1) is 13.0. The number of carboxylic acids is 1. The number of ether oxygens (including phenoxy) is 1. The largest absolute Gasteiger partial charge is 0.480 e. The van der Waals surface area contributed by atoms with Crippen LogP contribution in [0.3, 0.4) is 0 Å². The molecular weight excluding hydrogens is 372 g/mol. The molecule has 0 saturated carbocycles. The zero-order chi connectivity index (χ0) is 19.6. The number of benzene rings is 2. The van der Waals surface area contributed by atoms with E-state index in [1.807, 2.05) is 18.2 Å². The maximum absolute atomic E-state index is 11.9. The van der Waals surface area contributed by atoms with Gasteiger partial charge >= 0.3 is 12.1 Å². The highest BCUT2D eigenvalue weighted by Gasteiger charge is 2.21. The van der Waals surface area contributed by atoms with Crippen LogP contribution in [-0.2, 0) is 27.4 Å². The number of hydrogen-bond acceptors (Lipinski definition) is 4. The first-order valence-corrected chi connectivity index (χ1v) is 8.53. The molecule has 0 aliphatic rings. The Labute approximate surface area is 161 Å². The van der Waals surface area contributed by atoms with Crippen molar-refractivity contribution in [2.75, 3.05) is 6.54 Å². The minimum Gasteiger partial charge on any atom is -0.480 e. The molecule has 142 valence electrons.